The molecule has 0 unspecified atom stereocenters. The summed E-state index contributed by atoms with van der Waals surface area (Å²) in [5.41, 5.74) is 1.32. The Hall–Kier alpha value is -3.36. The number of nitrogens with one attached hydrogen (secondary N) is 1. The Labute approximate surface area is 160 Å². The second-order valence-corrected chi connectivity index (χ2v) is 7.01. The number of benzene rings is 1. The lowest BCUT2D eigenvalue weighted by Gasteiger charge is -2.21. The number of anilines is 2. The van der Waals surface area contributed by atoms with Crippen LogP contribution in [0.25, 0.3) is 11.2 Å². The van der Waals surface area contributed by atoms with Crippen LogP contribution in [0.1, 0.15) is 12.8 Å². The van der Waals surface area contributed by atoms with Crippen LogP contribution in [-0.2, 0) is 25.4 Å². The number of nitrogens with zero attached hydrogens (tertiary/aromatic N) is 5. The quantitative estimate of drug-likeness (QED) is 0.716. The van der Waals surface area contributed by atoms with Crippen molar-refractivity contribution in [3.8, 4) is 0 Å². The average molecular weight is 382 g/mol. The van der Waals surface area contributed by atoms with Gasteiger partial charge in [0.2, 0.25) is 5.91 Å². The standard InChI is InChI=1S/C19H22N6O3/c1-22-17-16(18(27)23(2)19(22)28)25(12-20-17)11-15(26)21-13-7-3-4-8-14(13)24-9-5-6-10-24/h3-4,7-8,12H,5-6,9-11H2,1-2H3,(H,21,26). The van der Waals surface area contributed by atoms with E-state index in [9.17, 15) is 14.4 Å². The van der Waals surface area contributed by atoms with E-state index in [-0.39, 0.29) is 23.6 Å². The molecule has 0 bridgehead atoms. The van der Waals surface area contributed by atoms with E-state index in [1.165, 1.54) is 22.5 Å². The Bertz CT molecular complexity index is 1170. The summed E-state index contributed by atoms with van der Waals surface area (Å²) in [5, 5.41) is 2.94. The van der Waals surface area contributed by atoms with Gasteiger partial charge in [-0.25, -0.2) is 9.78 Å². The molecule has 1 amide bonds. The van der Waals surface area contributed by atoms with Gasteiger partial charge in [-0.05, 0) is 25.0 Å². The van der Waals surface area contributed by atoms with E-state index in [2.05, 4.69) is 15.2 Å². The molecule has 1 N–H and O–H groups in total. The van der Waals surface area contributed by atoms with Crippen molar-refractivity contribution in [1.29, 1.82) is 0 Å². The summed E-state index contributed by atoms with van der Waals surface area (Å²) in [4.78, 5) is 43.6. The van der Waals surface area contributed by atoms with Crippen LogP contribution in [0, 0.1) is 0 Å². The van der Waals surface area contributed by atoms with Crippen molar-refractivity contribution < 1.29 is 4.79 Å². The molecule has 2 aromatic heterocycles. The van der Waals surface area contributed by atoms with Crippen molar-refractivity contribution in [2.75, 3.05) is 23.3 Å². The van der Waals surface area contributed by atoms with Crippen LogP contribution in [0.15, 0.2) is 40.2 Å². The lowest BCUT2D eigenvalue weighted by Crippen LogP contribution is -2.37. The van der Waals surface area contributed by atoms with Crippen LogP contribution >= 0.6 is 0 Å². The number of carbonyl (C=O) groups is 1. The highest BCUT2D eigenvalue weighted by Crippen LogP contribution is 2.28. The summed E-state index contributed by atoms with van der Waals surface area (Å²) in [7, 11) is 2.96. The van der Waals surface area contributed by atoms with Gasteiger partial charge in [0.15, 0.2) is 11.2 Å². The third kappa shape index (κ3) is 2.98. The Morgan fingerprint density at radius 3 is 2.57 bits per heavy atom. The fourth-order valence-electron chi connectivity index (χ4n) is 3.67. The Morgan fingerprint density at radius 1 is 1.11 bits per heavy atom. The van der Waals surface area contributed by atoms with Crippen molar-refractivity contribution in [1.82, 2.24) is 18.7 Å². The molecule has 3 aromatic rings. The van der Waals surface area contributed by atoms with Gasteiger partial charge < -0.3 is 14.8 Å². The largest absolute Gasteiger partial charge is 0.370 e. The molecule has 4 rings (SSSR count). The predicted molar refractivity (Wildman–Crippen MR) is 107 cm³/mol. The van der Waals surface area contributed by atoms with Crippen LogP contribution in [0.5, 0.6) is 0 Å². The van der Waals surface area contributed by atoms with Gasteiger partial charge in [-0.2, -0.15) is 0 Å². The first-order valence-electron chi connectivity index (χ1n) is 9.22. The van der Waals surface area contributed by atoms with Gasteiger partial charge in [0.25, 0.3) is 5.56 Å². The van der Waals surface area contributed by atoms with E-state index >= 15 is 0 Å². The molecule has 0 spiro atoms. The highest BCUT2D eigenvalue weighted by molar-refractivity contribution is 5.94. The lowest BCUT2D eigenvalue weighted by molar-refractivity contribution is -0.116. The molecule has 0 radical (unpaired) electrons. The SMILES string of the molecule is Cn1c(=O)c2c(ncn2CC(=O)Nc2ccccc2N2CCCC2)n(C)c1=O. The highest BCUT2D eigenvalue weighted by atomic mass is 16.2. The molecule has 1 aliphatic heterocycles. The van der Waals surface area contributed by atoms with Crippen LogP contribution in [0.3, 0.4) is 0 Å². The van der Waals surface area contributed by atoms with Crippen LogP contribution in [0.2, 0.25) is 0 Å². The second kappa shape index (κ2) is 6.99. The van der Waals surface area contributed by atoms with Crippen molar-refractivity contribution >= 4 is 28.4 Å². The van der Waals surface area contributed by atoms with Gasteiger partial charge in [-0.15, -0.1) is 0 Å². The van der Waals surface area contributed by atoms with Crippen LogP contribution in [-0.4, -0.2) is 37.7 Å². The van der Waals surface area contributed by atoms with Gasteiger partial charge in [0.05, 0.1) is 17.7 Å². The smallest absolute Gasteiger partial charge is 0.332 e. The maximum atomic E-state index is 12.7. The number of aromatic nitrogens is 4. The van der Waals surface area contributed by atoms with Gasteiger partial charge in [-0.3, -0.25) is 18.7 Å². The molecule has 0 saturated carbocycles. The molecule has 1 fully saturated rings. The van der Waals surface area contributed by atoms with Crippen LogP contribution < -0.4 is 21.5 Å². The maximum Gasteiger partial charge on any atom is 0.332 e. The molecule has 146 valence electrons. The molecule has 3 heterocycles. The molecule has 0 atom stereocenters. The minimum Gasteiger partial charge on any atom is -0.370 e. The van der Waals surface area contributed by atoms with E-state index in [0.717, 1.165) is 41.9 Å². The lowest BCUT2D eigenvalue weighted by atomic mass is 10.2. The number of aryl methyl sites for hydroxylation is 1. The molecule has 1 saturated heterocycles. The summed E-state index contributed by atoms with van der Waals surface area (Å²) < 4.78 is 3.79. The highest BCUT2D eigenvalue weighted by Gasteiger charge is 2.18. The number of para-hydroxylation sites is 2. The fraction of sp³-hybridized carbons (Fsp3) is 0.368. The number of rotatable bonds is 4. The molecular formula is C19H22N6O3. The van der Waals surface area contributed by atoms with E-state index in [1.807, 2.05) is 24.3 Å². The third-order valence-corrected chi connectivity index (χ3v) is 5.16. The fourth-order valence-corrected chi connectivity index (χ4v) is 3.67. The molecule has 0 aliphatic carbocycles. The van der Waals surface area contributed by atoms with Crippen molar-refractivity contribution in [3.63, 3.8) is 0 Å². The summed E-state index contributed by atoms with van der Waals surface area (Å²) in [6.45, 7) is 1.88. The Morgan fingerprint density at radius 2 is 1.82 bits per heavy atom. The van der Waals surface area contributed by atoms with E-state index in [0.29, 0.717) is 0 Å². The number of imidazole rings is 1. The predicted octanol–water partition coefficient (Wildman–Crippen LogP) is 0.673. The molecule has 1 aliphatic rings. The minimum absolute atomic E-state index is 0.0712. The maximum absolute atomic E-state index is 12.7. The minimum atomic E-state index is -0.471. The monoisotopic (exact) mass is 382 g/mol. The molecule has 9 nitrogen and oxygen atoms in total. The molecule has 9 heteroatoms. The summed E-state index contributed by atoms with van der Waals surface area (Å²) in [6.07, 6.45) is 3.70. The first-order valence-corrected chi connectivity index (χ1v) is 9.22. The third-order valence-electron chi connectivity index (χ3n) is 5.16. The number of carbonyl (C=O) groups excluding carboxylic acids is 1. The van der Waals surface area contributed by atoms with E-state index in [1.54, 1.807) is 7.05 Å². The topological polar surface area (TPSA) is 94.2 Å². The number of hydrogen-bond acceptors (Lipinski definition) is 5. The number of hydrogen-bond donors (Lipinski definition) is 1. The van der Waals surface area contributed by atoms with Crippen LogP contribution in [0.4, 0.5) is 11.4 Å². The van der Waals surface area contributed by atoms with Gasteiger partial charge in [-0.1, -0.05) is 12.1 Å². The zero-order chi connectivity index (χ0) is 19.8. The molecular weight excluding hydrogens is 360 g/mol. The first kappa shape index (κ1) is 18.0. The van der Waals surface area contributed by atoms with E-state index < -0.39 is 11.2 Å². The molecule has 28 heavy (non-hydrogen) atoms. The second-order valence-electron chi connectivity index (χ2n) is 7.01. The van der Waals surface area contributed by atoms with Crippen molar-refractivity contribution in [2.24, 2.45) is 14.1 Å². The molecule has 1 aromatic carbocycles. The normalized spacial score (nSPS) is 14.0. The number of amides is 1. The zero-order valence-corrected chi connectivity index (χ0v) is 15.9. The van der Waals surface area contributed by atoms with Crippen molar-refractivity contribution in [2.45, 2.75) is 19.4 Å². The summed E-state index contributed by atoms with van der Waals surface area (Å²) >= 11 is 0. The van der Waals surface area contributed by atoms with Gasteiger partial charge in [0.1, 0.15) is 6.54 Å². The zero-order valence-electron chi connectivity index (χ0n) is 15.9. The Balaban J connectivity index is 1.62. The summed E-state index contributed by atoms with van der Waals surface area (Å²) in [6, 6.07) is 7.71. The van der Waals surface area contributed by atoms with Gasteiger partial charge in [0, 0.05) is 27.2 Å². The van der Waals surface area contributed by atoms with E-state index in [4.69, 9.17) is 0 Å². The Kier molecular flexibility index (Phi) is 4.50. The van der Waals surface area contributed by atoms with Gasteiger partial charge >= 0.3 is 5.69 Å². The van der Waals surface area contributed by atoms with Crippen molar-refractivity contribution in [3.05, 3.63) is 51.4 Å². The summed E-state index contributed by atoms with van der Waals surface area (Å²) in [5.74, 6) is -0.262. The first-order chi connectivity index (χ1) is 13.5. The average Bonchev–Trinajstić information content (AvgIpc) is 3.35. The number of fused-ring (bicyclic) bond motifs is 1.